The third-order valence-corrected chi connectivity index (χ3v) is 3.72. The number of halogens is 3. The summed E-state index contributed by atoms with van der Waals surface area (Å²) in [7, 11) is 0. The molecule has 0 saturated carbocycles. The first-order chi connectivity index (χ1) is 8.04. The average molecular weight is 293 g/mol. The monoisotopic (exact) mass is 291 g/mol. The smallest absolute Gasteiger partial charge is 0.154 e. The van der Waals surface area contributed by atoms with Crippen LogP contribution in [-0.2, 0) is 0 Å². The Bertz CT molecular complexity index is 550. The van der Waals surface area contributed by atoms with E-state index in [4.69, 9.17) is 45.0 Å². The lowest BCUT2D eigenvalue weighted by Crippen LogP contribution is -2.08. The minimum Gasteiger partial charge on any atom is -0.458 e. The molecule has 2 aromatic rings. The molecular weight excluding hydrogens is 280 g/mol. The molecule has 1 aromatic carbocycles. The highest BCUT2D eigenvalue weighted by molar-refractivity contribution is 6.47. The minimum absolute atomic E-state index is 0.140. The SMILES string of the molecule is CCCC(N)c1cc2c(Cl)c(Cl)cc(Cl)c2o1. The maximum absolute atomic E-state index is 6.10. The Labute approximate surface area is 115 Å². The third-order valence-electron chi connectivity index (χ3n) is 2.63. The predicted octanol–water partition coefficient (Wildman–Crippen LogP) is 5.19. The molecule has 2 N–H and O–H groups in total. The van der Waals surface area contributed by atoms with Gasteiger partial charge in [-0.2, -0.15) is 0 Å². The van der Waals surface area contributed by atoms with Crippen LogP contribution in [0.2, 0.25) is 15.1 Å². The summed E-state index contributed by atoms with van der Waals surface area (Å²) in [4.78, 5) is 0. The van der Waals surface area contributed by atoms with Crippen LogP contribution in [0, 0.1) is 0 Å². The van der Waals surface area contributed by atoms with E-state index in [9.17, 15) is 0 Å². The van der Waals surface area contributed by atoms with Crippen LogP contribution >= 0.6 is 34.8 Å². The fourth-order valence-electron chi connectivity index (χ4n) is 1.76. The van der Waals surface area contributed by atoms with Crippen molar-refractivity contribution in [1.29, 1.82) is 0 Å². The van der Waals surface area contributed by atoms with Crippen LogP contribution in [0.5, 0.6) is 0 Å². The molecule has 1 aromatic heterocycles. The Morgan fingerprint density at radius 1 is 1.24 bits per heavy atom. The van der Waals surface area contributed by atoms with E-state index in [1.807, 2.05) is 6.07 Å². The molecule has 0 aliphatic rings. The normalized spacial score (nSPS) is 13.2. The fourth-order valence-corrected chi connectivity index (χ4v) is 2.47. The highest BCUT2D eigenvalue weighted by Crippen LogP contribution is 2.39. The largest absolute Gasteiger partial charge is 0.458 e. The first-order valence-electron chi connectivity index (χ1n) is 5.37. The second-order valence-electron chi connectivity index (χ2n) is 3.94. The summed E-state index contributed by atoms with van der Waals surface area (Å²) in [5.74, 6) is 0.688. The van der Waals surface area contributed by atoms with E-state index in [0.29, 0.717) is 31.8 Å². The maximum atomic E-state index is 6.10. The van der Waals surface area contributed by atoms with Crippen molar-refractivity contribution < 1.29 is 4.42 Å². The number of nitrogens with two attached hydrogens (primary N) is 1. The van der Waals surface area contributed by atoms with Crippen LogP contribution in [0.4, 0.5) is 0 Å². The zero-order valence-electron chi connectivity index (χ0n) is 9.27. The molecule has 92 valence electrons. The molecule has 0 radical (unpaired) electrons. The summed E-state index contributed by atoms with van der Waals surface area (Å²) in [6.07, 6.45) is 1.84. The van der Waals surface area contributed by atoms with Crippen molar-refractivity contribution in [2.24, 2.45) is 5.73 Å². The number of benzene rings is 1. The predicted molar refractivity (Wildman–Crippen MR) is 73.1 cm³/mol. The number of fused-ring (bicyclic) bond motifs is 1. The molecule has 0 spiro atoms. The van der Waals surface area contributed by atoms with Gasteiger partial charge >= 0.3 is 0 Å². The van der Waals surface area contributed by atoms with Crippen LogP contribution in [0.15, 0.2) is 16.5 Å². The van der Waals surface area contributed by atoms with E-state index >= 15 is 0 Å². The molecule has 2 nitrogen and oxygen atoms in total. The van der Waals surface area contributed by atoms with Crippen LogP contribution in [0.25, 0.3) is 11.0 Å². The average Bonchev–Trinajstić information content (AvgIpc) is 2.72. The summed E-state index contributed by atoms with van der Waals surface area (Å²) in [5, 5.41) is 2.03. The molecule has 17 heavy (non-hydrogen) atoms. The zero-order chi connectivity index (χ0) is 12.6. The molecule has 1 heterocycles. The lowest BCUT2D eigenvalue weighted by Gasteiger charge is -2.04. The third kappa shape index (κ3) is 2.41. The topological polar surface area (TPSA) is 39.2 Å². The van der Waals surface area contributed by atoms with Gasteiger partial charge < -0.3 is 10.2 Å². The van der Waals surface area contributed by atoms with Gasteiger partial charge in [0.1, 0.15) is 5.76 Å². The van der Waals surface area contributed by atoms with Gasteiger partial charge in [0, 0.05) is 5.39 Å². The second kappa shape index (κ2) is 5.07. The maximum Gasteiger partial charge on any atom is 0.154 e. The molecule has 0 bridgehead atoms. The molecule has 1 unspecified atom stereocenters. The lowest BCUT2D eigenvalue weighted by atomic mass is 10.1. The second-order valence-corrected chi connectivity index (χ2v) is 5.13. The Kier molecular flexibility index (Phi) is 3.88. The van der Waals surface area contributed by atoms with Gasteiger partial charge in [0.05, 0.1) is 21.1 Å². The molecule has 0 aliphatic heterocycles. The van der Waals surface area contributed by atoms with E-state index in [1.54, 1.807) is 6.07 Å². The van der Waals surface area contributed by atoms with E-state index < -0.39 is 0 Å². The molecule has 0 amide bonds. The molecule has 5 heteroatoms. The van der Waals surface area contributed by atoms with Gasteiger partial charge in [-0.3, -0.25) is 0 Å². The number of furan rings is 1. The summed E-state index contributed by atoms with van der Waals surface area (Å²) < 4.78 is 5.65. The summed E-state index contributed by atoms with van der Waals surface area (Å²) in [6.45, 7) is 2.07. The van der Waals surface area contributed by atoms with Crippen LogP contribution in [-0.4, -0.2) is 0 Å². The van der Waals surface area contributed by atoms with Gasteiger partial charge in [-0.15, -0.1) is 0 Å². The first kappa shape index (κ1) is 13.0. The van der Waals surface area contributed by atoms with Crippen molar-refractivity contribution in [2.45, 2.75) is 25.8 Å². The van der Waals surface area contributed by atoms with Gasteiger partial charge in [0.15, 0.2) is 5.58 Å². The van der Waals surface area contributed by atoms with Gasteiger partial charge in [0.25, 0.3) is 0 Å². The molecule has 0 saturated heterocycles. The Morgan fingerprint density at radius 2 is 1.94 bits per heavy atom. The number of rotatable bonds is 3. The van der Waals surface area contributed by atoms with E-state index in [2.05, 4.69) is 6.92 Å². The highest BCUT2D eigenvalue weighted by atomic mass is 35.5. The van der Waals surface area contributed by atoms with Crippen LogP contribution in [0.3, 0.4) is 0 Å². The van der Waals surface area contributed by atoms with Gasteiger partial charge in [-0.1, -0.05) is 48.1 Å². The summed E-state index contributed by atoms with van der Waals surface area (Å²) >= 11 is 18.1. The lowest BCUT2D eigenvalue weighted by molar-refractivity contribution is 0.475. The van der Waals surface area contributed by atoms with Gasteiger partial charge in [-0.25, -0.2) is 0 Å². The standard InChI is InChI=1S/C12H12Cl3NO/c1-2-3-9(16)10-4-6-11(15)7(13)5-8(14)12(6)17-10/h4-5,9H,2-3,16H2,1H3. The Balaban J connectivity index is 2.57. The Hall–Kier alpha value is -0.410. The minimum atomic E-state index is -0.140. The van der Waals surface area contributed by atoms with Crippen molar-refractivity contribution in [3.8, 4) is 0 Å². The molecule has 0 fully saturated rings. The fraction of sp³-hybridized carbons (Fsp3) is 0.333. The van der Waals surface area contributed by atoms with Crippen molar-refractivity contribution >= 4 is 45.8 Å². The van der Waals surface area contributed by atoms with Crippen molar-refractivity contribution in [3.05, 3.63) is 33.0 Å². The van der Waals surface area contributed by atoms with E-state index in [-0.39, 0.29) is 6.04 Å². The van der Waals surface area contributed by atoms with Crippen molar-refractivity contribution in [2.75, 3.05) is 0 Å². The van der Waals surface area contributed by atoms with Gasteiger partial charge in [-0.05, 0) is 18.6 Å². The zero-order valence-corrected chi connectivity index (χ0v) is 11.5. The number of hydrogen-bond acceptors (Lipinski definition) is 2. The summed E-state index contributed by atoms with van der Waals surface area (Å²) in [6, 6.07) is 3.25. The van der Waals surface area contributed by atoms with E-state index in [1.165, 1.54) is 0 Å². The number of hydrogen-bond donors (Lipinski definition) is 1. The van der Waals surface area contributed by atoms with Crippen molar-refractivity contribution in [1.82, 2.24) is 0 Å². The van der Waals surface area contributed by atoms with Crippen LogP contribution in [0.1, 0.15) is 31.6 Å². The molecule has 0 aliphatic carbocycles. The van der Waals surface area contributed by atoms with E-state index in [0.717, 1.165) is 12.8 Å². The molecule has 1 atom stereocenters. The molecule has 2 rings (SSSR count). The Morgan fingerprint density at radius 3 is 2.59 bits per heavy atom. The van der Waals surface area contributed by atoms with Gasteiger partial charge in [0.2, 0.25) is 0 Å². The molecular formula is C12H12Cl3NO. The van der Waals surface area contributed by atoms with Crippen molar-refractivity contribution in [3.63, 3.8) is 0 Å². The summed E-state index contributed by atoms with van der Waals surface area (Å²) in [5.41, 5.74) is 6.54. The van der Waals surface area contributed by atoms with Crippen LogP contribution < -0.4 is 5.73 Å². The first-order valence-corrected chi connectivity index (χ1v) is 6.50. The highest BCUT2D eigenvalue weighted by Gasteiger charge is 2.17. The quantitative estimate of drug-likeness (QED) is 0.790.